The van der Waals surface area contributed by atoms with E-state index in [2.05, 4.69) is 37.6 Å². The lowest BCUT2D eigenvalue weighted by Crippen LogP contribution is -2.01. The quantitative estimate of drug-likeness (QED) is 0.842. The summed E-state index contributed by atoms with van der Waals surface area (Å²) in [7, 11) is 1.59. The molecule has 0 saturated heterocycles. The van der Waals surface area contributed by atoms with Gasteiger partial charge in [0.05, 0.1) is 12.7 Å². The Morgan fingerprint density at radius 1 is 1.26 bits per heavy atom. The Hall–Kier alpha value is -2.21. The number of benzene rings is 1. The second kappa shape index (κ2) is 5.19. The summed E-state index contributed by atoms with van der Waals surface area (Å²) >= 11 is 0. The third-order valence-corrected chi connectivity index (χ3v) is 3.65. The van der Waals surface area contributed by atoms with E-state index >= 15 is 0 Å². The SMILES string of the molecule is COc1cc(Cn2cc(C)c(C)c2C)ccc1C#N. The number of hydrogen-bond acceptors (Lipinski definition) is 2. The predicted octanol–water partition coefficient (Wildman–Crippen LogP) is 3.34. The molecule has 98 valence electrons. The van der Waals surface area contributed by atoms with Crippen LogP contribution in [-0.2, 0) is 6.54 Å². The molecule has 2 rings (SSSR count). The molecule has 1 aromatic heterocycles. The van der Waals surface area contributed by atoms with Crippen molar-refractivity contribution in [2.75, 3.05) is 7.11 Å². The number of hydrogen-bond donors (Lipinski definition) is 0. The lowest BCUT2D eigenvalue weighted by molar-refractivity contribution is 0.413. The fourth-order valence-electron chi connectivity index (χ4n) is 2.22. The van der Waals surface area contributed by atoms with Gasteiger partial charge in [-0.3, -0.25) is 0 Å². The Bertz CT molecular complexity index is 647. The molecule has 0 fully saturated rings. The monoisotopic (exact) mass is 254 g/mol. The highest BCUT2D eigenvalue weighted by atomic mass is 16.5. The number of aromatic nitrogens is 1. The van der Waals surface area contributed by atoms with E-state index in [4.69, 9.17) is 10.00 Å². The van der Waals surface area contributed by atoms with E-state index in [1.165, 1.54) is 16.8 Å². The van der Waals surface area contributed by atoms with Crippen LogP contribution in [0.25, 0.3) is 0 Å². The highest BCUT2D eigenvalue weighted by Gasteiger charge is 2.08. The van der Waals surface area contributed by atoms with Gasteiger partial charge in [0.2, 0.25) is 0 Å². The molecule has 0 spiro atoms. The van der Waals surface area contributed by atoms with Gasteiger partial charge in [-0.1, -0.05) is 6.07 Å². The van der Waals surface area contributed by atoms with Gasteiger partial charge in [0, 0.05) is 18.4 Å². The molecule has 2 aromatic rings. The van der Waals surface area contributed by atoms with E-state index in [1.54, 1.807) is 7.11 Å². The molecule has 0 saturated carbocycles. The summed E-state index contributed by atoms with van der Waals surface area (Å²) in [5, 5.41) is 8.98. The number of aryl methyl sites for hydroxylation is 1. The van der Waals surface area contributed by atoms with Gasteiger partial charge in [0.25, 0.3) is 0 Å². The van der Waals surface area contributed by atoms with E-state index in [0.717, 1.165) is 12.1 Å². The number of nitriles is 1. The maximum absolute atomic E-state index is 8.98. The number of methoxy groups -OCH3 is 1. The molecule has 0 atom stereocenters. The van der Waals surface area contributed by atoms with Crippen LogP contribution < -0.4 is 4.74 Å². The van der Waals surface area contributed by atoms with Gasteiger partial charge >= 0.3 is 0 Å². The minimum absolute atomic E-state index is 0.572. The fraction of sp³-hybridized carbons (Fsp3) is 0.312. The Kier molecular flexibility index (Phi) is 3.62. The Morgan fingerprint density at radius 2 is 2.00 bits per heavy atom. The maximum Gasteiger partial charge on any atom is 0.136 e. The summed E-state index contributed by atoms with van der Waals surface area (Å²) in [5.41, 5.74) is 5.62. The standard InChI is InChI=1S/C16H18N2O/c1-11-9-18(13(3)12(11)2)10-14-5-6-15(8-17)16(7-14)19-4/h5-7,9H,10H2,1-4H3. The summed E-state index contributed by atoms with van der Waals surface area (Å²) in [6.07, 6.45) is 2.16. The van der Waals surface area contributed by atoms with Gasteiger partial charge in [0.15, 0.2) is 0 Å². The lowest BCUT2D eigenvalue weighted by Gasteiger charge is -2.09. The minimum atomic E-state index is 0.572. The van der Waals surface area contributed by atoms with Crippen molar-refractivity contribution in [3.8, 4) is 11.8 Å². The van der Waals surface area contributed by atoms with Crippen molar-refractivity contribution in [1.29, 1.82) is 5.26 Å². The first-order valence-corrected chi connectivity index (χ1v) is 6.26. The first kappa shape index (κ1) is 13.2. The molecule has 1 heterocycles. The highest BCUT2D eigenvalue weighted by molar-refractivity contribution is 5.45. The molecule has 0 aliphatic rings. The zero-order valence-electron chi connectivity index (χ0n) is 11.8. The van der Waals surface area contributed by atoms with Gasteiger partial charge in [-0.25, -0.2) is 0 Å². The molecule has 0 amide bonds. The average molecular weight is 254 g/mol. The smallest absolute Gasteiger partial charge is 0.136 e. The van der Waals surface area contributed by atoms with Gasteiger partial charge < -0.3 is 9.30 Å². The summed E-state index contributed by atoms with van der Waals surface area (Å²) in [6, 6.07) is 7.85. The third kappa shape index (κ3) is 2.48. The Morgan fingerprint density at radius 3 is 2.53 bits per heavy atom. The van der Waals surface area contributed by atoms with Crippen LogP contribution in [0.5, 0.6) is 5.75 Å². The molecule has 19 heavy (non-hydrogen) atoms. The van der Waals surface area contributed by atoms with Crippen molar-refractivity contribution in [1.82, 2.24) is 4.57 Å². The summed E-state index contributed by atoms with van der Waals surface area (Å²) in [6.45, 7) is 7.19. The van der Waals surface area contributed by atoms with Crippen molar-refractivity contribution in [2.45, 2.75) is 27.3 Å². The van der Waals surface area contributed by atoms with Crippen molar-refractivity contribution < 1.29 is 4.74 Å². The zero-order chi connectivity index (χ0) is 14.0. The molecule has 0 aliphatic carbocycles. The zero-order valence-corrected chi connectivity index (χ0v) is 11.8. The summed E-state index contributed by atoms with van der Waals surface area (Å²) in [4.78, 5) is 0. The number of ether oxygens (including phenoxy) is 1. The molecule has 0 radical (unpaired) electrons. The molecule has 3 nitrogen and oxygen atoms in total. The molecule has 3 heteroatoms. The average Bonchev–Trinajstić information content (AvgIpc) is 2.66. The van der Waals surface area contributed by atoms with Crippen LogP contribution in [0, 0.1) is 32.1 Å². The molecule has 1 aromatic carbocycles. The molecule has 0 bridgehead atoms. The summed E-state index contributed by atoms with van der Waals surface area (Å²) in [5.74, 6) is 0.637. The van der Waals surface area contributed by atoms with Gasteiger partial charge in [0.1, 0.15) is 11.8 Å². The van der Waals surface area contributed by atoms with E-state index in [0.29, 0.717) is 11.3 Å². The molecule has 0 aliphatic heterocycles. The second-order valence-electron chi connectivity index (χ2n) is 4.80. The molecule has 0 N–H and O–H groups in total. The summed E-state index contributed by atoms with van der Waals surface area (Å²) < 4.78 is 7.47. The first-order chi connectivity index (χ1) is 9.06. The Balaban J connectivity index is 2.34. The van der Waals surface area contributed by atoms with Crippen LogP contribution in [0.3, 0.4) is 0 Å². The largest absolute Gasteiger partial charge is 0.495 e. The van der Waals surface area contributed by atoms with E-state index in [9.17, 15) is 0 Å². The maximum atomic E-state index is 8.98. The van der Waals surface area contributed by atoms with Crippen LogP contribution in [0.4, 0.5) is 0 Å². The van der Waals surface area contributed by atoms with Gasteiger partial charge in [-0.2, -0.15) is 5.26 Å². The van der Waals surface area contributed by atoms with Crippen LogP contribution in [0.15, 0.2) is 24.4 Å². The topological polar surface area (TPSA) is 38.0 Å². The number of nitrogens with zero attached hydrogens (tertiary/aromatic N) is 2. The van der Waals surface area contributed by atoms with Crippen molar-refractivity contribution in [2.24, 2.45) is 0 Å². The Labute approximate surface area is 114 Å². The van der Waals surface area contributed by atoms with E-state index < -0.39 is 0 Å². The van der Waals surface area contributed by atoms with E-state index in [-0.39, 0.29) is 0 Å². The number of rotatable bonds is 3. The fourth-order valence-corrected chi connectivity index (χ4v) is 2.22. The van der Waals surface area contributed by atoms with Crippen LogP contribution in [-0.4, -0.2) is 11.7 Å². The second-order valence-corrected chi connectivity index (χ2v) is 4.80. The minimum Gasteiger partial charge on any atom is -0.495 e. The van der Waals surface area contributed by atoms with Crippen LogP contribution in [0.1, 0.15) is 27.9 Å². The van der Waals surface area contributed by atoms with Crippen molar-refractivity contribution in [3.63, 3.8) is 0 Å². The van der Waals surface area contributed by atoms with Crippen LogP contribution in [0.2, 0.25) is 0 Å². The molecular weight excluding hydrogens is 236 g/mol. The van der Waals surface area contributed by atoms with Gasteiger partial charge in [-0.05, 0) is 49.6 Å². The van der Waals surface area contributed by atoms with Gasteiger partial charge in [-0.15, -0.1) is 0 Å². The third-order valence-electron chi connectivity index (χ3n) is 3.65. The van der Waals surface area contributed by atoms with E-state index in [1.807, 2.05) is 18.2 Å². The van der Waals surface area contributed by atoms with Crippen molar-refractivity contribution >= 4 is 0 Å². The van der Waals surface area contributed by atoms with Crippen molar-refractivity contribution in [3.05, 3.63) is 52.3 Å². The predicted molar refractivity (Wildman–Crippen MR) is 75.5 cm³/mol. The molecule has 0 unspecified atom stereocenters. The highest BCUT2D eigenvalue weighted by Crippen LogP contribution is 2.21. The lowest BCUT2D eigenvalue weighted by atomic mass is 10.1. The van der Waals surface area contributed by atoms with Crippen LogP contribution >= 0.6 is 0 Å². The first-order valence-electron chi connectivity index (χ1n) is 6.26. The normalized spacial score (nSPS) is 10.3. The molecular formula is C16H18N2O.